The van der Waals surface area contributed by atoms with Crippen LogP contribution < -0.4 is 0 Å². The molecule has 0 rings (SSSR count). The molecule has 0 unspecified atom stereocenters. The SMILES string of the molecule is CCO[Si](/C=C/C(C)(C)C)(OCC)OCC. The van der Waals surface area contributed by atoms with Gasteiger partial charge >= 0.3 is 8.80 Å². The van der Waals surface area contributed by atoms with E-state index >= 15 is 0 Å². The molecule has 0 spiro atoms. The molecule has 0 aliphatic rings. The van der Waals surface area contributed by atoms with Crippen LogP contribution in [0.2, 0.25) is 0 Å². The molecule has 0 atom stereocenters. The maximum Gasteiger partial charge on any atom is 0.529 e. The summed E-state index contributed by atoms with van der Waals surface area (Å²) in [6.45, 7) is 14.2. The predicted octanol–water partition coefficient (Wildman–Crippen LogP) is 3.18. The Labute approximate surface area is 101 Å². The van der Waals surface area contributed by atoms with Crippen LogP contribution >= 0.6 is 0 Å². The maximum atomic E-state index is 5.71. The van der Waals surface area contributed by atoms with Gasteiger partial charge in [-0.3, -0.25) is 0 Å². The zero-order valence-electron chi connectivity index (χ0n) is 11.5. The summed E-state index contributed by atoms with van der Waals surface area (Å²) in [4.78, 5) is 0. The van der Waals surface area contributed by atoms with Gasteiger partial charge in [-0.05, 0) is 31.9 Å². The number of hydrogen-bond donors (Lipinski definition) is 0. The van der Waals surface area contributed by atoms with Crippen LogP contribution in [0, 0.1) is 5.41 Å². The highest BCUT2D eigenvalue weighted by Gasteiger charge is 2.37. The Morgan fingerprint density at radius 2 is 1.25 bits per heavy atom. The molecule has 0 N–H and O–H groups in total. The van der Waals surface area contributed by atoms with Crippen molar-refractivity contribution in [3.05, 3.63) is 11.8 Å². The number of hydrogen-bond acceptors (Lipinski definition) is 3. The van der Waals surface area contributed by atoms with Gasteiger partial charge in [0.05, 0.1) is 0 Å². The van der Waals surface area contributed by atoms with Gasteiger partial charge in [-0.1, -0.05) is 26.8 Å². The lowest BCUT2D eigenvalue weighted by Gasteiger charge is -2.26. The third kappa shape index (κ3) is 6.43. The Bertz CT molecular complexity index is 192. The van der Waals surface area contributed by atoms with E-state index < -0.39 is 8.80 Å². The average molecular weight is 246 g/mol. The molecule has 3 nitrogen and oxygen atoms in total. The van der Waals surface area contributed by atoms with E-state index in [1.54, 1.807) is 0 Å². The normalized spacial score (nSPS) is 13.6. The molecular weight excluding hydrogens is 220 g/mol. The van der Waals surface area contributed by atoms with Crippen molar-refractivity contribution in [3.63, 3.8) is 0 Å². The van der Waals surface area contributed by atoms with Gasteiger partial charge in [0, 0.05) is 19.8 Å². The van der Waals surface area contributed by atoms with Crippen molar-refractivity contribution in [2.75, 3.05) is 19.8 Å². The molecule has 0 amide bonds. The van der Waals surface area contributed by atoms with E-state index in [2.05, 4.69) is 26.8 Å². The van der Waals surface area contributed by atoms with E-state index in [-0.39, 0.29) is 5.41 Å². The Morgan fingerprint density at radius 1 is 0.875 bits per heavy atom. The second-order valence-corrected chi connectivity index (χ2v) is 7.01. The van der Waals surface area contributed by atoms with Gasteiger partial charge in [-0.2, -0.15) is 0 Å². The molecule has 0 heterocycles. The second-order valence-electron chi connectivity index (χ2n) is 4.60. The molecule has 0 saturated carbocycles. The summed E-state index contributed by atoms with van der Waals surface area (Å²) in [5.41, 5.74) is 2.12. The fraction of sp³-hybridized carbons (Fsp3) is 0.833. The Hall–Kier alpha value is -0.163. The van der Waals surface area contributed by atoms with Crippen molar-refractivity contribution in [1.29, 1.82) is 0 Å². The highest BCUT2D eigenvalue weighted by molar-refractivity contribution is 6.66. The standard InChI is InChI=1S/C12H26O3Si/c1-7-13-16(14-8-2,15-9-3)11-10-12(4,5)6/h10-11H,7-9H2,1-6H3/b11-10+. The first-order valence-electron chi connectivity index (χ1n) is 6.01. The predicted molar refractivity (Wildman–Crippen MR) is 69.2 cm³/mol. The Balaban J connectivity index is 4.78. The molecule has 0 fully saturated rings. The van der Waals surface area contributed by atoms with E-state index in [1.807, 2.05) is 26.5 Å². The fourth-order valence-corrected chi connectivity index (χ4v) is 3.67. The molecule has 0 radical (unpaired) electrons. The van der Waals surface area contributed by atoms with Crippen molar-refractivity contribution in [1.82, 2.24) is 0 Å². The van der Waals surface area contributed by atoms with E-state index in [4.69, 9.17) is 13.3 Å². The largest absolute Gasteiger partial charge is 0.529 e. The topological polar surface area (TPSA) is 27.7 Å². The quantitative estimate of drug-likeness (QED) is 0.646. The van der Waals surface area contributed by atoms with Crippen molar-refractivity contribution >= 4 is 8.80 Å². The first-order valence-corrected chi connectivity index (χ1v) is 7.81. The smallest absolute Gasteiger partial charge is 0.371 e. The van der Waals surface area contributed by atoms with Crippen LogP contribution in [0.1, 0.15) is 41.5 Å². The highest BCUT2D eigenvalue weighted by atomic mass is 28.4. The van der Waals surface area contributed by atoms with Gasteiger partial charge in [0.1, 0.15) is 0 Å². The van der Waals surface area contributed by atoms with E-state index in [0.29, 0.717) is 19.8 Å². The van der Waals surface area contributed by atoms with Crippen LogP contribution in [0.4, 0.5) is 0 Å². The lowest BCUT2D eigenvalue weighted by atomic mass is 9.98. The van der Waals surface area contributed by atoms with Crippen LogP contribution in [-0.4, -0.2) is 28.6 Å². The van der Waals surface area contributed by atoms with E-state index in [0.717, 1.165) is 0 Å². The summed E-state index contributed by atoms with van der Waals surface area (Å²) >= 11 is 0. The number of rotatable bonds is 7. The van der Waals surface area contributed by atoms with E-state index in [9.17, 15) is 0 Å². The molecule has 4 heteroatoms. The lowest BCUT2D eigenvalue weighted by Crippen LogP contribution is -2.44. The summed E-state index contributed by atoms with van der Waals surface area (Å²) < 4.78 is 17.1. The monoisotopic (exact) mass is 246 g/mol. The minimum absolute atomic E-state index is 0.115. The first kappa shape index (κ1) is 15.8. The fourth-order valence-electron chi connectivity index (χ4n) is 1.22. The maximum absolute atomic E-state index is 5.71. The molecular formula is C12H26O3Si. The molecule has 0 bridgehead atoms. The van der Waals surface area contributed by atoms with Crippen LogP contribution in [0.3, 0.4) is 0 Å². The van der Waals surface area contributed by atoms with Crippen molar-refractivity contribution in [2.24, 2.45) is 5.41 Å². The molecule has 0 aliphatic carbocycles. The Kier molecular flexibility index (Phi) is 7.15. The average Bonchev–Trinajstić information content (AvgIpc) is 2.15. The molecule has 0 aromatic carbocycles. The Morgan fingerprint density at radius 3 is 1.50 bits per heavy atom. The summed E-state index contributed by atoms with van der Waals surface area (Å²) in [6, 6.07) is 0. The molecule has 0 aromatic heterocycles. The third-order valence-corrected chi connectivity index (χ3v) is 4.47. The molecule has 0 aromatic rings. The van der Waals surface area contributed by atoms with Crippen molar-refractivity contribution in [3.8, 4) is 0 Å². The van der Waals surface area contributed by atoms with Gasteiger partial charge in [0.2, 0.25) is 0 Å². The minimum atomic E-state index is -2.59. The highest BCUT2D eigenvalue weighted by Crippen LogP contribution is 2.19. The van der Waals surface area contributed by atoms with Crippen LogP contribution in [-0.2, 0) is 13.3 Å². The number of allylic oxidation sites excluding steroid dienone is 1. The van der Waals surface area contributed by atoms with Gasteiger partial charge in [-0.15, -0.1) is 0 Å². The molecule has 0 saturated heterocycles. The molecule has 0 aliphatic heterocycles. The third-order valence-electron chi connectivity index (χ3n) is 1.82. The van der Waals surface area contributed by atoms with Gasteiger partial charge in [-0.25, -0.2) is 0 Å². The second kappa shape index (κ2) is 7.22. The van der Waals surface area contributed by atoms with E-state index in [1.165, 1.54) is 0 Å². The summed E-state index contributed by atoms with van der Waals surface area (Å²) in [7, 11) is -2.59. The zero-order chi connectivity index (χ0) is 12.7. The lowest BCUT2D eigenvalue weighted by molar-refractivity contribution is 0.0840. The summed E-state index contributed by atoms with van der Waals surface area (Å²) in [5.74, 6) is 0. The van der Waals surface area contributed by atoms with Gasteiger partial charge < -0.3 is 13.3 Å². The van der Waals surface area contributed by atoms with Crippen LogP contribution in [0.25, 0.3) is 0 Å². The van der Waals surface area contributed by atoms with Crippen molar-refractivity contribution < 1.29 is 13.3 Å². The summed E-state index contributed by atoms with van der Waals surface area (Å²) in [6.07, 6.45) is 2.11. The van der Waals surface area contributed by atoms with Crippen LogP contribution in [0.15, 0.2) is 11.8 Å². The molecule has 16 heavy (non-hydrogen) atoms. The van der Waals surface area contributed by atoms with Gasteiger partial charge in [0.25, 0.3) is 0 Å². The van der Waals surface area contributed by atoms with Crippen molar-refractivity contribution in [2.45, 2.75) is 41.5 Å². The first-order chi connectivity index (χ1) is 7.39. The van der Waals surface area contributed by atoms with Gasteiger partial charge in [0.15, 0.2) is 0 Å². The minimum Gasteiger partial charge on any atom is -0.371 e. The molecule has 96 valence electrons. The summed E-state index contributed by atoms with van der Waals surface area (Å²) in [5, 5.41) is 0. The van der Waals surface area contributed by atoms with Crippen LogP contribution in [0.5, 0.6) is 0 Å². The zero-order valence-corrected chi connectivity index (χ0v) is 12.5.